The first kappa shape index (κ1) is 15.2. The molecule has 0 aliphatic heterocycles. The lowest BCUT2D eigenvalue weighted by Crippen LogP contribution is -2.41. The van der Waals surface area contributed by atoms with Crippen LogP contribution in [0.3, 0.4) is 0 Å². The molecular formula is C13H19N5O3. The molecule has 1 aliphatic rings. The molecule has 3 N–H and O–H groups in total. The van der Waals surface area contributed by atoms with Gasteiger partial charge in [-0.2, -0.15) is 0 Å². The Labute approximate surface area is 122 Å². The summed E-state index contributed by atoms with van der Waals surface area (Å²) in [6.07, 6.45) is 3.37. The molecule has 0 spiro atoms. The van der Waals surface area contributed by atoms with E-state index in [9.17, 15) is 14.9 Å². The standard InChI is InChI=1S/C13H19N5O3/c1-8(17(2)9-3-4-9)6-16-13(19)10-5-12(14)15-7-11(10)18(20)21/h5,7-9H,3-4,6H2,1-2H3,(H2,14,15)(H,16,19). The first-order chi connectivity index (χ1) is 9.90. The fourth-order valence-corrected chi connectivity index (χ4v) is 2.11. The van der Waals surface area contributed by atoms with Crippen LogP contribution in [0.2, 0.25) is 0 Å². The highest BCUT2D eigenvalue weighted by Crippen LogP contribution is 2.26. The van der Waals surface area contributed by atoms with Gasteiger partial charge in [0.15, 0.2) is 0 Å². The molecule has 0 bridgehead atoms. The number of nitrogens with one attached hydrogen (secondary N) is 1. The number of pyridine rings is 1. The fraction of sp³-hybridized carbons (Fsp3) is 0.538. The number of carbonyl (C=O) groups excluding carboxylic acids is 1. The summed E-state index contributed by atoms with van der Waals surface area (Å²) in [5.74, 6) is -0.430. The Morgan fingerprint density at radius 1 is 1.67 bits per heavy atom. The first-order valence-corrected chi connectivity index (χ1v) is 6.80. The number of carbonyl (C=O) groups is 1. The lowest BCUT2D eigenvalue weighted by atomic mass is 10.2. The van der Waals surface area contributed by atoms with E-state index in [1.165, 1.54) is 18.9 Å². The number of anilines is 1. The molecule has 114 valence electrons. The molecule has 1 amide bonds. The molecular weight excluding hydrogens is 274 g/mol. The Morgan fingerprint density at radius 2 is 2.33 bits per heavy atom. The van der Waals surface area contributed by atoms with Crippen molar-refractivity contribution < 1.29 is 9.72 Å². The molecule has 1 atom stereocenters. The zero-order valence-corrected chi connectivity index (χ0v) is 12.1. The van der Waals surface area contributed by atoms with Gasteiger partial charge in [-0.25, -0.2) is 4.98 Å². The summed E-state index contributed by atoms with van der Waals surface area (Å²) in [7, 11) is 2.02. The molecule has 1 saturated carbocycles. The Hall–Kier alpha value is -2.22. The van der Waals surface area contributed by atoms with Crippen LogP contribution < -0.4 is 11.1 Å². The molecule has 1 aromatic rings. The van der Waals surface area contributed by atoms with Gasteiger partial charge in [0.1, 0.15) is 17.6 Å². The normalized spacial score (nSPS) is 15.8. The summed E-state index contributed by atoms with van der Waals surface area (Å²) < 4.78 is 0. The quantitative estimate of drug-likeness (QED) is 0.592. The minimum atomic E-state index is -0.638. The lowest BCUT2D eigenvalue weighted by Gasteiger charge is -2.24. The largest absolute Gasteiger partial charge is 0.384 e. The van der Waals surface area contributed by atoms with Crippen molar-refractivity contribution in [1.82, 2.24) is 15.2 Å². The van der Waals surface area contributed by atoms with Crippen molar-refractivity contribution in [2.24, 2.45) is 0 Å². The van der Waals surface area contributed by atoms with Crippen LogP contribution in [0.25, 0.3) is 0 Å². The first-order valence-electron chi connectivity index (χ1n) is 6.80. The molecule has 1 unspecified atom stereocenters. The Morgan fingerprint density at radius 3 is 2.90 bits per heavy atom. The number of amides is 1. The Bertz CT molecular complexity index is 559. The molecule has 1 aromatic heterocycles. The number of nitro groups is 1. The van der Waals surface area contributed by atoms with E-state index in [0.717, 1.165) is 6.20 Å². The van der Waals surface area contributed by atoms with E-state index in [-0.39, 0.29) is 23.1 Å². The lowest BCUT2D eigenvalue weighted by molar-refractivity contribution is -0.385. The van der Waals surface area contributed by atoms with Crippen molar-refractivity contribution >= 4 is 17.4 Å². The van der Waals surface area contributed by atoms with E-state index in [1.54, 1.807) is 0 Å². The molecule has 8 nitrogen and oxygen atoms in total. The van der Waals surface area contributed by atoms with Gasteiger partial charge in [0.2, 0.25) is 0 Å². The zero-order valence-electron chi connectivity index (χ0n) is 12.1. The molecule has 0 radical (unpaired) electrons. The number of nitrogens with two attached hydrogens (primary N) is 1. The average Bonchev–Trinajstić information content (AvgIpc) is 3.27. The van der Waals surface area contributed by atoms with Gasteiger partial charge in [0, 0.05) is 18.6 Å². The van der Waals surface area contributed by atoms with Crippen molar-refractivity contribution in [3.05, 3.63) is 27.9 Å². The number of hydrogen-bond acceptors (Lipinski definition) is 6. The maximum atomic E-state index is 12.1. The number of rotatable bonds is 6. The highest BCUT2D eigenvalue weighted by molar-refractivity contribution is 5.98. The third kappa shape index (κ3) is 3.66. The van der Waals surface area contributed by atoms with Crippen LogP contribution in [0.15, 0.2) is 12.3 Å². The molecule has 1 aliphatic carbocycles. The molecule has 8 heteroatoms. The van der Waals surface area contributed by atoms with E-state index in [0.29, 0.717) is 12.6 Å². The average molecular weight is 293 g/mol. The van der Waals surface area contributed by atoms with E-state index in [2.05, 4.69) is 15.2 Å². The van der Waals surface area contributed by atoms with Crippen molar-refractivity contribution in [2.45, 2.75) is 31.8 Å². The van der Waals surface area contributed by atoms with Crippen LogP contribution >= 0.6 is 0 Å². The minimum Gasteiger partial charge on any atom is -0.384 e. The van der Waals surface area contributed by atoms with Crippen LogP contribution in [0.4, 0.5) is 11.5 Å². The number of hydrogen-bond donors (Lipinski definition) is 2. The SMILES string of the molecule is CC(CNC(=O)c1cc(N)ncc1[N+](=O)[O-])N(C)C1CC1. The van der Waals surface area contributed by atoms with Gasteiger partial charge < -0.3 is 11.1 Å². The monoisotopic (exact) mass is 293 g/mol. The molecule has 2 rings (SSSR count). The zero-order chi connectivity index (χ0) is 15.6. The van der Waals surface area contributed by atoms with Crippen LogP contribution in [0, 0.1) is 10.1 Å². The molecule has 0 saturated heterocycles. The topological polar surface area (TPSA) is 114 Å². The second kappa shape index (κ2) is 6.04. The summed E-state index contributed by atoms with van der Waals surface area (Å²) in [6, 6.07) is 1.98. The van der Waals surface area contributed by atoms with Crippen LogP contribution in [0.1, 0.15) is 30.1 Å². The van der Waals surface area contributed by atoms with Crippen LogP contribution in [0.5, 0.6) is 0 Å². The highest BCUT2D eigenvalue weighted by Gasteiger charge is 2.29. The predicted octanol–water partition coefficient (Wildman–Crippen LogP) is 0.784. The van der Waals surface area contributed by atoms with Crippen molar-refractivity contribution in [2.75, 3.05) is 19.3 Å². The minimum absolute atomic E-state index is 0.0613. The van der Waals surface area contributed by atoms with Crippen LogP contribution in [-0.2, 0) is 0 Å². The van der Waals surface area contributed by atoms with Gasteiger partial charge in [-0.15, -0.1) is 0 Å². The summed E-state index contributed by atoms with van der Waals surface area (Å²) in [5, 5.41) is 13.6. The third-order valence-electron chi connectivity index (χ3n) is 3.72. The van der Waals surface area contributed by atoms with Gasteiger partial charge in [0.25, 0.3) is 11.6 Å². The molecule has 21 heavy (non-hydrogen) atoms. The fourth-order valence-electron chi connectivity index (χ4n) is 2.11. The van der Waals surface area contributed by atoms with Gasteiger partial charge in [0.05, 0.1) is 4.92 Å². The van der Waals surface area contributed by atoms with Gasteiger partial charge in [-0.3, -0.25) is 19.8 Å². The highest BCUT2D eigenvalue weighted by atomic mass is 16.6. The molecule has 1 fully saturated rings. The van der Waals surface area contributed by atoms with Crippen LogP contribution in [-0.4, -0.2) is 46.4 Å². The molecule has 0 aromatic carbocycles. The maximum Gasteiger partial charge on any atom is 0.300 e. The smallest absolute Gasteiger partial charge is 0.300 e. The second-order valence-electron chi connectivity index (χ2n) is 5.34. The summed E-state index contributed by atoms with van der Waals surface area (Å²) in [6.45, 7) is 2.43. The summed E-state index contributed by atoms with van der Waals surface area (Å²) in [4.78, 5) is 28.2. The summed E-state index contributed by atoms with van der Waals surface area (Å²) in [5.41, 5.74) is 5.09. The Balaban J connectivity index is 2.02. The second-order valence-corrected chi connectivity index (χ2v) is 5.34. The number of likely N-dealkylation sites (N-methyl/N-ethyl adjacent to an activating group) is 1. The van der Waals surface area contributed by atoms with E-state index in [1.807, 2.05) is 14.0 Å². The van der Waals surface area contributed by atoms with Crippen molar-refractivity contribution in [1.29, 1.82) is 0 Å². The summed E-state index contributed by atoms with van der Waals surface area (Å²) >= 11 is 0. The van der Waals surface area contributed by atoms with Crippen molar-refractivity contribution in [3.8, 4) is 0 Å². The molecule has 1 heterocycles. The van der Waals surface area contributed by atoms with Gasteiger partial charge in [-0.05, 0) is 32.9 Å². The van der Waals surface area contributed by atoms with Crippen molar-refractivity contribution in [3.63, 3.8) is 0 Å². The predicted molar refractivity (Wildman–Crippen MR) is 77.9 cm³/mol. The maximum absolute atomic E-state index is 12.1. The van der Waals surface area contributed by atoms with Gasteiger partial charge in [-0.1, -0.05) is 0 Å². The van der Waals surface area contributed by atoms with E-state index in [4.69, 9.17) is 5.73 Å². The third-order valence-corrected chi connectivity index (χ3v) is 3.72. The van der Waals surface area contributed by atoms with Gasteiger partial charge >= 0.3 is 0 Å². The number of nitrogen functional groups attached to an aromatic ring is 1. The number of aromatic nitrogens is 1. The van der Waals surface area contributed by atoms with E-state index < -0.39 is 10.8 Å². The Kier molecular flexibility index (Phi) is 4.37. The number of nitrogens with zero attached hydrogens (tertiary/aromatic N) is 3. The van der Waals surface area contributed by atoms with E-state index >= 15 is 0 Å².